The maximum atomic E-state index is 8.92. The van der Waals surface area contributed by atoms with Gasteiger partial charge in [0, 0.05) is 25.8 Å². The van der Waals surface area contributed by atoms with Gasteiger partial charge in [-0.25, -0.2) is 0 Å². The van der Waals surface area contributed by atoms with Gasteiger partial charge >= 0.3 is 0 Å². The summed E-state index contributed by atoms with van der Waals surface area (Å²) in [6, 6.07) is 7.60. The van der Waals surface area contributed by atoms with E-state index in [1.807, 2.05) is 12.1 Å². The largest absolute Gasteiger partial charge is 0.496 e. The van der Waals surface area contributed by atoms with Crippen molar-refractivity contribution in [2.24, 2.45) is 0 Å². The number of nitrogens with zero attached hydrogens (tertiary/aromatic N) is 1. The Hall–Kier alpha value is -1.61. The van der Waals surface area contributed by atoms with Crippen LogP contribution in [0.25, 0.3) is 0 Å². The van der Waals surface area contributed by atoms with Gasteiger partial charge in [0.05, 0.1) is 32.0 Å². The van der Waals surface area contributed by atoms with Crippen LogP contribution in [0.3, 0.4) is 0 Å². The maximum absolute atomic E-state index is 8.92. The smallest absolute Gasteiger partial charge is 0.123 e. The zero-order valence-electron chi connectivity index (χ0n) is 12.9. The third kappa shape index (κ3) is 7.09. The lowest BCUT2D eigenvalue weighted by Crippen LogP contribution is -2.16. The molecule has 0 aliphatic heterocycles. The predicted molar refractivity (Wildman–Crippen MR) is 81.3 cm³/mol. The first-order valence-corrected chi connectivity index (χ1v) is 7.16. The Kier molecular flexibility index (Phi) is 9.21. The van der Waals surface area contributed by atoms with Crippen LogP contribution in [-0.2, 0) is 16.0 Å². The van der Waals surface area contributed by atoms with E-state index in [9.17, 15) is 0 Å². The lowest BCUT2D eigenvalue weighted by Gasteiger charge is -2.10. The molecule has 1 rings (SSSR count). The summed E-state index contributed by atoms with van der Waals surface area (Å²) < 4.78 is 15.6. The SMILES string of the molecule is COCCOCCCCNCc1cc(C#N)ccc1OC. The Morgan fingerprint density at radius 3 is 2.71 bits per heavy atom. The van der Waals surface area contributed by atoms with Crippen LogP contribution in [0.1, 0.15) is 24.0 Å². The molecule has 0 aromatic heterocycles. The van der Waals surface area contributed by atoms with Crippen molar-refractivity contribution in [3.05, 3.63) is 29.3 Å². The molecular weight excluding hydrogens is 268 g/mol. The average molecular weight is 292 g/mol. The summed E-state index contributed by atoms with van der Waals surface area (Å²) >= 11 is 0. The molecule has 0 saturated heterocycles. The molecule has 0 amide bonds. The zero-order valence-corrected chi connectivity index (χ0v) is 12.9. The number of nitrogens with one attached hydrogen (secondary N) is 1. The highest BCUT2D eigenvalue weighted by atomic mass is 16.5. The van der Waals surface area contributed by atoms with Gasteiger partial charge in [0.1, 0.15) is 5.75 Å². The highest BCUT2D eigenvalue weighted by Crippen LogP contribution is 2.19. The number of rotatable bonds is 11. The Labute approximate surface area is 126 Å². The third-order valence-corrected chi connectivity index (χ3v) is 3.05. The van der Waals surface area contributed by atoms with Gasteiger partial charge in [-0.1, -0.05) is 0 Å². The summed E-state index contributed by atoms with van der Waals surface area (Å²) in [6.07, 6.45) is 2.07. The minimum Gasteiger partial charge on any atom is -0.496 e. The van der Waals surface area contributed by atoms with E-state index in [0.29, 0.717) is 25.3 Å². The van der Waals surface area contributed by atoms with E-state index in [0.717, 1.165) is 37.3 Å². The number of benzene rings is 1. The molecular formula is C16H24N2O3. The monoisotopic (exact) mass is 292 g/mol. The minimum atomic E-state index is 0.646. The minimum absolute atomic E-state index is 0.646. The number of methoxy groups -OCH3 is 2. The van der Waals surface area contributed by atoms with Crippen molar-refractivity contribution in [1.29, 1.82) is 5.26 Å². The normalized spacial score (nSPS) is 10.3. The molecule has 0 aliphatic rings. The second-order valence-corrected chi connectivity index (χ2v) is 4.63. The van der Waals surface area contributed by atoms with Crippen LogP contribution in [0.2, 0.25) is 0 Å². The molecule has 0 spiro atoms. The first-order valence-electron chi connectivity index (χ1n) is 7.16. The predicted octanol–water partition coefficient (Wildman–Crippen LogP) is 2.10. The third-order valence-electron chi connectivity index (χ3n) is 3.05. The number of nitriles is 1. The number of hydrogen-bond donors (Lipinski definition) is 1. The molecule has 21 heavy (non-hydrogen) atoms. The van der Waals surface area contributed by atoms with Crippen molar-refractivity contribution in [3.63, 3.8) is 0 Å². The van der Waals surface area contributed by atoms with E-state index >= 15 is 0 Å². The van der Waals surface area contributed by atoms with Crippen molar-refractivity contribution in [2.45, 2.75) is 19.4 Å². The first-order chi connectivity index (χ1) is 10.3. The Morgan fingerprint density at radius 1 is 1.14 bits per heavy atom. The highest BCUT2D eigenvalue weighted by Gasteiger charge is 2.03. The Balaban J connectivity index is 2.19. The molecule has 1 aromatic carbocycles. The molecule has 5 nitrogen and oxygen atoms in total. The van der Waals surface area contributed by atoms with E-state index in [-0.39, 0.29) is 0 Å². The summed E-state index contributed by atoms with van der Waals surface area (Å²) in [5, 5.41) is 12.3. The molecule has 0 bridgehead atoms. The van der Waals surface area contributed by atoms with Crippen LogP contribution in [0.15, 0.2) is 18.2 Å². The lowest BCUT2D eigenvalue weighted by atomic mass is 10.1. The summed E-state index contributed by atoms with van der Waals surface area (Å²) in [7, 11) is 3.31. The van der Waals surface area contributed by atoms with Gasteiger partial charge in [-0.15, -0.1) is 0 Å². The average Bonchev–Trinajstić information content (AvgIpc) is 2.53. The van der Waals surface area contributed by atoms with Gasteiger partial charge in [-0.2, -0.15) is 5.26 Å². The van der Waals surface area contributed by atoms with E-state index in [4.69, 9.17) is 19.5 Å². The summed E-state index contributed by atoms with van der Waals surface area (Å²) in [5.74, 6) is 0.810. The number of ether oxygens (including phenoxy) is 3. The summed E-state index contributed by atoms with van der Waals surface area (Å²) in [4.78, 5) is 0. The van der Waals surface area contributed by atoms with Gasteiger partial charge in [0.25, 0.3) is 0 Å². The van der Waals surface area contributed by atoms with Gasteiger partial charge in [0.15, 0.2) is 0 Å². The van der Waals surface area contributed by atoms with Crippen LogP contribution < -0.4 is 10.1 Å². The fourth-order valence-electron chi connectivity index (χ4n) is 1.91. The molecule has 1 aromatic rings. The fraction of sp³-hybridized carbons (Fsp3) is 0.562. The van der Waals surface area contributed by atoms with Crippen molar-refractivity contribution < 1.29 is 14.2 Å². The second-order valence-electron chi connectivity index (χ2n) is 4.63. The topological polar surface area (TPSA) is 63.5 Å². The summed E-state index contributed by atoms with van der Waals surface area (Å²) in [6.45, 7) is 3.67. The van der Waals surface area contributed by atoms with Crippen LogP contribution in [0.5, 0.6) is 5.75 Å². The van der Waals surface area contributed by atoms with Crippen molar-refractivity contribution >= 4 is 0 Å². The van der Waals surface area contributed by atoms with Gasteiger partial charge in [-0.3, -0.25) is 0 Å². The molecule has 0 saturated carbocycles. The molecule has 0 radical (unpaired) electrons. The number of hydrogen-bond acceptors (Lipinski definition) is 5. The van der Waals surface area contributed by atoms with Gasteiger partial charge in [-0.05, 0) is 37.6 Å². The molecule has 116 valence electrons. The zero-order chi connectivity index (χ0) is 15.3. The van der Waals surface area contributed by atoms with Gasteiger partial charge < -0.3 is 19.5 Å². The van der Waals surface area contributed by atoms with Crippen LogP contribution >= 0.6 is 0 Å². The molecule has 0 atom stereocenters. The lowest BCUT2D eigenvalue weighted by molar-refractivity contribution is 0.0688. The first kappa shape index (κ1) is 17.4. The molecule has 0 aliphatic carbocycles. The van der Waals surface area contributed by atoms with Crippen molar-refractivity contribution in [1.82, 2.24) is 5.32 Å². The fourth-order valence-corrected chi connectivity index (χ4v) is 1.91. The van der Waals surface area contributed by atoms with Crippen molar-refractivity contribution in [3.8, 4) is 11.8 Å². The maximum Gasteiger partial charge on any atom is 0.123 e. The van der Waals surface area contributed by atoms with Crippen LogP contribution in [0.4, 0.5) is 0 Å². The van der Waals surface area contributed by atoms with E-state index < -0.39 is 0 Å². The van der Waals surface area contributed by atoms with Gasteiger partial charge in [0.2, 0.25) is 0 Å². The van der Waals surface area contributed by atoms with Crippen LogP contribution in [0, 0.1) is 11.3 Å². The Morgan fingerprint density at radius 2 is 2.00 bits per heavy atom. The molecule has 1 N–H and O–H groups in total. The molecule has 0 fully saturated rings. The van der Waals surface area contributed by atoms with Crippen molar-refractivity contribution in [2.75, 3.05) is 40.6 Å². The molecule has 0 heterocycles. The highest BCUT2D eigenvalue weighted by molar-refractivity contribution is 5.41. The molecule has 0 unspecified atom stereocenters. The standard InChI is InChI=1S/C16H24N2O3/c1-19-9-10-21-8-4-3-7-18-13-15-11-14(12-17)5-6-16(15)20-2/h5-6,11,18H,3-4,7-10,13H2,1-2H3. The number of unbranched alkanes of at least 4 members (excludes halogenated alkanes) is 1. The molecule has 5 heteroatoms. The van der Waals surface area contributed by atoms with Crippen LogP contribution in [-0.4, -0.2) is 40.6 Å². The second kappa shape index (κ2) is 11.1. The summed E-state index contributed by atoms with van der Waals surface area (Å²) in [5.41, 5.74) is 1.66. The van der Waals surface area contributed by atoms with E-state index in [1.165, 1.54) is 0 Å². The van der Waals surface area contributed by atoms with E-state index in [1.54, 1.807) is 20.3 Å². The quantitative estimate of drug-likeness (QED) is 0.633. The Bertz CT molecular complexity index is 444. The van der Waals surface area contributed by atoms with E-state index in [2.05, 4.69) is 11.4 Å².